The number of esters is 2. The van der Waals surface area contributed by atoms with E-state index in [-0.39, 0.29) is 25.2 Å². The average molecular weight is 885 g/mol. The van der Waals surface area contributed by atoms with Crippen molar-refractivity contribution in [3.8, 4) is 0 Å². The van der Waals surface area contributed by atoms with Gasteiger partial charge in [0.2, 0.25) is 0 Å². The van der Waals surface area contributed by atoms with Gasteiger partial charge in [-0.1, -0.05) is 194 Å². The molecule has 0 N–H and O–H groups in total. The topological polar surface area (TPSA) is 61.8 Å². The lowest BCUT2D eigenvalue weighted by Crippen LogP contribution is -2.30. The van der Waals surface area contributed by atoms with Crippen LogP contribution in [-0.4, -0.2) is 37.9 Å². The lowest BCUT2D eigenvalue weighted by Gasteiger charge is -2.18. The van der Waals surface area contributed by atoms with Crippen LogP contribution in [0.25, 0.3) is 0 Å². The van der Waals surface area contributed by atoms with Gasteiger partial charge < -0.3 is 14.2 Å². The maximum Gasteiger partial charge on any atom is 0.306 e. The number of carbonyl (C=O) groups is 2. The van der Waals surface area contributed by atoms with Gasteiger partial charge in [0.05, 0.1) is 6.61 Å². The second-order valence-electron chi connectivity index (χ2n) is 16.7. The zero-order valence-electron chi connectivity index (χ0n) is 41.5. The Balaban J connectivity index is 4.41. The molecule has 0 bridgehead atoms. The molecule has 0 aromatic rings. The van der Waals surface area contributed by atoms with Crippen molar-refractivity contribution in [3.63, 3.8) is 0 Å². The summed E-state index contributed by atoms with van der Waals surface area (Å²) >= 11 is 0. The van der Waals surface area contributed by atoms with E-state index >= 15 is 0 Å². The van der Waals surface area contributed by atoms with Gasteiger partial charge in [0.25, 0.3) is 0 Å². The number of rotatable bonds is 46. The Hall–Kier alpha value is -3.70. The van der Waals surface area contributed by atoms with Crippen LogP contribution in [0.15, 0.2) is 122 Å². The molecule has 0 aliphatic rings. The Labute approximate surface area is 395 Å². The van der Waals surface area contributed by atoms with Crippen molar-refractivity contribution in [1.29, 1.82) is 0 Å². The molecule has 0 spiro atoms. The van der Waals surface area contributed by atoms with Gasteiger partial charge in [-0.15, -0.1) is 0 Å². The minimum absolute atomic E-state index is 0.0446. The van der Waals surface area contributed by atoms with Gasteiger partial charge in [-0.2, -0.15) is 0 Å². The molecule has 5 heteroatoms. The maximum absolute atomic E-state index is 12.8. The summed E-state index contributed by atoms with van der Waals surface area (Å²) in [7, 11) is 0. The minimum atomic E-state index is -0.583. The normalized spacial score (nSPS) is 13.2. The molecular formula is C59H96O5. The number of hydrogen-bond acceptors (Lipinski definition) is 5. The first-order valence-electron chi connectivity index (χ1n) is 26.1. The van der Waals surface area contributed by atoms with Gasteiger partial charge in [-0.3, -0.25) is 9.59 Å². The van der Waals surface area contributed by atoms with Crippen LogP contribution in [0.3, 0.4) is 0 Å². The summed E-state index contributed by atoms with van der Waals surface area (Å²) in [6, 6.07) is 0. The first-order chi connectivity index (χ1) is 31.6. The largest absolute Gasteiger partial charge is 0.462 e. The third-order valence-electron chi connectivity index (χ3n) is 10.5. The second-order valence-corrected chi connectivity index (χ2v) is 16.7. The van der Waals surface area contributed by atoms with Crippen LogP contribution in [0.1, 0.15) is 213 Å². The van der Waals surface area contributed by atoms with Crippen molar-refractivity contribution < 1.29 is 23.8 Å². The average Bonchev–Trinajstić information content (AvgIpc) is 3.30. The van der Waals surface area contributed by atoms with Gasteiger partial charge in [0, 0.05) is 19.4 Å². The van der Waals surface area contributed by atoms with Crippen molar-refractivity contribution in [1.82, 2.24) is 0 Å². The molecule has 0 aromatic carbocycles. The van der Waals surface area contributed by atoms with Crippen LogP contribution in [0.5, 0.6) is 0 Å². The van der Waals surface area contributed by atoms with E-state index in [1.165, 1.54) is 51.4 Å². The molecule has 0 aliphatic heterocycles. The van der Waals surface area contributed by atoms with E-state index in [1.807, 2.05) is 0 Å². The zero-order valence-corrected chi connectivity index (χ0v) is 41.5. The Morgan fingerprint density at radius 3 is 1.16 bits per heavy atom. The van der Waals surface area contributed by atoms with Gasteiger partial charge in [-0.25, -0.2) is 0 Å². The highest BCUT2D eigenvalue weighted by Gasteiger charge is 2.17. The SMILES string of the molecule is CC/C=C\C/C=C\C/C=C\C/C=C\CCCCC(=O)OC(COCCCCCC/C=C\C/C=C\C/C=C\CC)COC(=O)CCCCCCCC/C=C\C/C=C\C/C=C\CCCCC. The summed E-state index contributed by atoms with van der Waals surface area (Å²) in [6.45, 7) is 7.45. The maximum atomic E-state index is 12.8. The summed E-state index contributed by atoms with van der Waals surface area (Å²) in [4.78, 5) is 25.4. The van der Waals surface area contributed by atoms with Gasteiger partial charge in [0.1, 0.15) is 6.61 Å². The number of allylic oxidation sites excluding steroid dienone is 20. The van der Waals surface area contributed by atoms with Crippen molar-refractivity contribution in [3.05, 3.63) is 122 Å². The van der Waals surface area contributed by atoms with Gasteiger partial charge >= 0.3 is 11.9 Å². The van der Waals surface area contributed by atoms with Crippen molar-refractivity contribution >= 4 is 11.9 Å². The van der Waals surface area contributed by atoms with Crippen LogP contribution in [0, 0.1) is 0 Å². The quantitative estimate of drug-likeness (QED) is 0.0346. The molecule has 0 saturated heterocycles. The molecule has 64 heavy (non-hydrogen) atoms. The molecule has 0 saturated carbocycles. The van der Waals surface area contributed by atoms with E-state index in [9.17, 15) is 9.59 Å². The number of unbranched alkanes of at least 4 members (excludes halogenated alkanes) is 15. The summed E-state index contributed by atoms with van der Waals surface area (Å²) in [6.07, 6.45) is 74.9. The van der Waals surface area contributed by atoms with E-state index < -0.39 is 6.10 Å². The third-order valence-corrected chi connectivity index (χ3v) is 10.5. The molecule has 0 aromatic heterocycles. The summed E-state index contributed by atoms with van der Waals surface area (Å²) < 4.78 is 17.3. The number of carbonyl (C=O) groups excluding carboxylic acids is 2. The van der Waals surface area contributed by atoms with E-state index in [1.54, 1.807) is 0 Å². The van der Waals surface area contributed by atoms with Crippen LogP contribution < -0.4 is 0 Å². The van der Waals surface area contributed by atoms with E-state index in [0.29, 0.717) is 19.4 Å². The van der Waals surface area contributed by atoms with Crippen molar-refractivity contribution in [2.45, 2.75) is 219 Å². The van der Waals surface area contributed by atoms with Crippen LogP contribution in [-0.2, 0) is 23.8 Å². The highest BCUT2D eigenvalue weighted by Crippen LogP contribution is 2.12. The zero-order chi connectivity index (χ0) is 46.3. The fourth-order valence-corrected chi connectivity index (χ4v) is 6.64. The number of hydrogen-bond donors (Lipinski definition) is 0. The third kappa shape index (κ3) is 50.9. The second kappa shape index (κ2) is 53.6. The predicted molar refractivity (Wildman–Crippen MR) is 279 cm³/mol. The highest BCUT2D eigenvalue weighted by atomic mass is 16.6. The molecular weight excluding hydrogens is 789 g/mol. The predicted octanol–water partition coefficient (Wildman–Crippen LogP) is 17.8. The van der Waals surface area contributed by atoms with Crippen LogP contribution in [0.2, 0.25) is 0 Å². The van der Waals surface area contributed by atoms with Crippen LogP contribution >= 0.6 is 0 Å². The molecule has 0 fully saturated rings. The Morgan fingerprint density at radius 2 is 0.703 bits per heavy atom. The molecule has 0 radical (unpaired) electrons. The standard InChI is InChI=1S/C59H96O5/c1-4-7-10-13-16-19-22-25-28-29-30-31-33-34-37-40-43-46-49-52-58(60)63-56-57(55-62-54-51-48-45-42-39-36-27-24-21-18-15-12-9-6-3)64-59(61)53-50-47-44-41-38-35-32-26-23-20-17-14-11-8-5-2/h8-9,11-12,16-21,25-28,30-32,36,38,41,57H,4-7,10,13-15,22-24,29,33-35,37,39-40,42-56H2,1-3H3/b11-8-,12-9-,19-16-,20-17-,21-18-,28-25-,31-30-,32-26-,36-27-,41-38-. The van der Waals surface area contributed by atoms with Crippen molar-refractivity contribution in [2.24, 2.45) is 0 Å². The van der Waals surface area contributed by atoms with Crippen molar-refractivity contribution in [2.75, 3.05) is 19.8 Å². The molecule has 1 unspecified atom stereocenters. The smallest absolute Gasteiger partial charge is 0.306 e. The molecule has 0 rings (SSSR count). The number of ether oxygens (including phenoxy) is 3. The Bertz CT molecular complexity index is 1320. The Morgan fingerprint density at radius 1 is 0.359 bits per heavy atom. The molecule has 5 nitrogen and oxygen atoms in total. The Kier molecular flexibility index (Phi) is 50.5. The first-order valence-corrected chi connectivity index (χ1v) is 26.1. The van der Waals surface area contributed by atoms with E-state index in [4.69, 9.17) is 14.2 Å². The molecule has 1 atom stereocenters. The molecule has 0 heterocycles. The van der Waals surface area contributed by atoms with Gasteiger partial charge in [0.15, 0.2) is 6.10 Å². The van der Waals surface area contributed by atoms with Crippen LogP contribution in [0.4, 0.5) is 0 Å². The summed E-state index contributed by atoms with van der Waals surface area (Å²) in [5.41, 5.74) is 0. The molecule has 362 valence electrons. The molecule has 0 amide bonds. The first kappa shape index (κ1) is 60.3. The summed E-state index contributed by atoms with van der Waals surface area (Å²) in [5.74, 6) is -0.481. The van der Waals surface area contributed by atoms with Gasteiger partial charge in [-0.05, 0) is 128 Å². The lowest BCUT2D eigenvalue weighted by atomic mass is 10.1. The highest BCUT2D eigenvalue weighted by molar-refractivity contribution is 5.70. The lowest BCUT2D eigenvalue weighted by molar-refractivity contribution is -0.163. The fourth-order valence-electron chi connectivity index (χ4n) is 6.64. The van der Waals surface area contributed by atoms with E-state index in [2.05, 4.69) is 142 Å². The molecule has 0 aliphatic carbocycles. The monoisotopic (exact) mass is 885 g/mol. The minimum Gasteiger partial charge on any atom is -0.462 e. The summed E-state index contributed by atoms with van der Waals surface area (Å²) in [5, 5.41) is 0. The fraction of sp³-hybridized carbons (Fsp3) is 0.627. The van der Waals surface area contributed by atoms with E-state index in [0.717, 1.165) is 128 Å².